The van der Waals surface area contributed by atoms with Crippen LogP contribution in [0.1, 0.15) is 34.5 Å². The van der Waals surface area contributed by atoms with Crippen LogP contribution in [0, 0.1) is 13.8 Å². The average Bonchev–Trinajstić information content (AvgIpc) is 3.07. The second-order valence-corrected chi connectivity index (χ2v) is 9.98. The Balaban J connectivity index is 1.43. The van der Waals surface area contributed by atoms with E-state index in [9.17, 15) is 13.2 Å². The van der Waals surface area contributed by atoms with Gasteiger partial charge in [-0.25, -0.2) is 8.42 Å². The summed E-state index contributed by atoms with van der Waals surface area (Å²) in [6.07, 6.45) is 1.08. The quantitative estimate of drug-likeness (QED) is 0.648. The first-order valence-corrected chi connectivity index (χ1v) is 11.6. The van der Waals surface area contributed by atoms with Crippen molar-refractivity contribution in [3.05, 3.63) is 64.4 Å². The molecule has 6 nitrogen and oxygen atoms in total. The summed E-state index contributed by atoms with van der Waals surface area (Å²) < 4.78 is 32.9. The van der Waals surface area contributed by atoms with E-state index in [0.29, 0.717) is 41.4 Å². The standard InChI is InChI=1S/C22H23ClN2O4S/c1-14-6-8-17(9-7-14)30(27,28)25-12-10-16(11-13-25)24-22(26)20-15(2)18-4-3-5-19(23)21(18)29-20/h3-9,16H,10-13H2,1-2H3,(H,24,26). The SMILES string of the molecule is Cc1ccc(S(=O)(=O)N2CCC(NC(=O)c3oc4c(Cl)cccc4c3C)CC2)cc1. The zero-order chi connectivity index (χ0) is 21.5. The normalized spacial score (nSPS) is 16.1. The second kappa shape index (κ2) is 8.06. The number of benzene rings is 2. The molecule has 1 N–H and O–H groups in total. The van der Waals surface area contributed by atoms with Crippen molar-refractivity contribution in [2.45, 2.75) is 37.6 Å². The van der Waals surface area contributed by atoms with Gasteiger partial charge in [-0.15, -0.1) is 0 Å². The van der Waals surface area contributed by atoms with Gasteiger partial charge in [0.15, 0.2) is 11.3 Å². The molecule has 1 aromatic heterocycles. The fourth-order valence-electron chi connectivity index (χ4n) is 3.78. The maximum absolute atomic E-state index is 12.8. The van der Waals surface area contributed by atoms with Crippen LogP contribution < -0.4 is 5.32 Å². The molecule has 1 fully saturated rings. The van der Waals surface area contributed by atoms with E-state index in [4.69, 9.17) is 16.0 Å². The van der Waals surface area contributed by atoms with E-state index in [1.54, 1.807) is 30.3 Å². The first kappa shape index (κ1) is 20.9. The molecular weight excluding hydrogens is 424 g/mol. The highest BCUT2D eigenvalue weighted by atomic mass is 35.5. The number of para-hydroxylation sites is 1. The van der Waals surface area contributed by atoms with Gasteiger partial charge in [-0.1, -0.05) is 41.4 Å². The Morgan fingerprint density at radius 3 is 2.40 bits per heavy atom. The number of hydrogen-bond acceptors (Lipinski definition) is 4. The molecule has 1 saturated heterocycles. The van der Waals surface area contributed by atoms with E-state index in [1.807, 2.05) is 26.0 Å². The number of hydrogen-bond donors (Lipinski definition) is 1. The van der Waals surface area contributed by atoms with Gasteiger partial charge in [0.2, 0.25) is 10.0 Å². The van der Waals surface area contributed by atoms with Crippen LogP contribution in [0.25, 0.3) is 11.0 Å². The Kier molecular flexibility index (Phi) is 5.61. The van der Waals surface area contributed by atoms with Crippen molar-refractivity contribution in [1.82, 2.24) is 9.62 Å². The Bertz CT molecular complexity index is 1190. The third kappa shape index (κ3) is 3.85. The fourth-order valence-corrected chi connectivity index (χ4v) is 5.46. The molecule has 3 aromatic rings. The molecule has 1 aliphatic rings. The van der Waals surface area contributed by atoms with E-state index in [-0.39, 0.29) is 17.7 Å². The van der Waals surface area contributed by atoms with Gasteiger partial charge in [0.1, 0.15) is 0 Å². The molecule has 158 valence electrons. The van der Waals surface area contributed by atoms with Crippen LogP contribution in [0.5, 0.6) is 0 Å². The predicted octanol–water partition coefficient (Wildman–Crippen LogP) is 4.29. The van der Waals surface area contributed by atoms with Gasteiger partial charge in [0.25, 0.3) is 5.91 Å². The third-order valence-electron chi connectivity index (χ3n) is 5.57. The van der Waals surface area contributed by atoms with Crippen LogP contribution >= 0.6 is 11.6 Å². The summed E-state index contributed by atoms with van der Waals surface area (Å²) in [5, 5.41) is 4.25. The smallest absolute Gasteiger partial charge is 0.287 e. The minimum absolute atomic E-state index is 0.120. The molecule has 4 rings (SSSR count). The summed E-state index contributed by atoms with van der Waals surface area (Å²) >= 11 is 6.17. The van der Waals surface area contributed by atoms with Crippen LogP contribution in [0.15, 0.2) is 51.8 Å². The first-order chi connectivity index (χ1) is 14.3. The molecule has 0 aliphatic carbocycles. The summed E-state index contributed by atoms with van der Waals surface area (Å²) in [4.78, 5) is 13.1. The monoisotopic (exact) mass is 446 g/mol. The first-order valence-electron chi connectivity index (χ1n) is 9.82. The van der Waals surface area contributed by atoms with E-state index in [1.165, 1.54) is 4.31 Å². The summed E-state index contributed by atoms with van der Waals surface area (Å²) in [6.45, 7) is 4.45. The number of carbonyl (C=O) groups is 1. The molecule has 0 radical (unpaired) electrons. The molecule has 1 amide bonds. The van der Waals surface area contributed by atoms with E-state index in [0.717, 1.165) is 16.5 Å². The zero-order valence-electron chi connectivity index (χ0n) is 16.8. The number of fused-ring (bicyclic) bond motifs is 1. The lowest BCUT2D eigenvalue weighted by Gasteiger charge is -2.31. The Morgan fingerprint density at radius 2 is 1.77 bits per heavy atom. The molecule has 1 aliphatic heterocycles. The molecule has 8 heteroatoms. The Labute approximate surface area is 180 Å². The highest BCUT2D eigenvalue weighted by Gasteiger charge is 2.31. The molecule has 30 heavy (non-hydrogen) atoms. The zero-order valence-corrected chi connectivity index (χ0v) is 18.4. The van der Waals surface area contributed by atoms with Gasteiger partial charge in [0.05, 0.1) is 9.92 Å². The van der Waals surface area contributed by atoms with Crippen LogP contribution in [-0.4, -0.2) is 37.8 Å². The summed E-state index contributed by atoms with van der Waals surface area (Å²) in [6, 6.07) is 12.1. The number of nitrogens with one attached hydrogen (secondary N) is 1. The van der Waals surface area contributed by atoms with E-state index >= 15 is 0 Å². The maximum atomic E-state index is 12.8. The van der Waals surface area contributed by atoms with E-state index in [2.05, 4.69) is 5.32 Å². The van der Waals surface area contributed by atoms with E-state index < -0.39 is 10.0 Å². The summed E-state index contributed by atoms with van der Waals surface area (Å²) in [7, 11) is -3.52. The number of carbonyl (C=O) groups excluding carboxylic acids is 1. The third-order valence-corrected chi connectivity index (χ3v) is 7.78. The van der Waals surface area contributed by atoms with Crippen molar-refractivity contribution in [2.75, 3.05) is 13.1 Å². The summed E-state index contributed by atoms with van der Waals surface area (Å²) in [5.41, 5.74) is 2.25. The topological polar surface area (TPSA) is 79.6 Å². The van der Waals surface area contributed by atoms with Gasteiger partial charge in [-0.2, -0.15) is 4.31 Å². The number of sulfonamides is 1. The predicted molar refractivity (Wildman–Crippen MR) is 116 cm³/mol. The number of aryl methyl sites for hydroxylation is 2. The van der Waals surface area contributed by atoms with Crippen molar-refractivity contribution in [1.29, 1.82) is 0 Å². The molecule has 0 bridgehead atoms. The summed E-state index contributed by atoms with van der Waals surface area (Å²) in [5.74, 6) is -0.0626. The molecule has 0 saturated carbocycles. The van der Waals surface area contributed by atoms with Gasteiger partial charge in [0, 0.05) is 30.1 Å². The van der Waals surface area contributed by atoms with Gasteiger partial charge in [-0.05, 0) is 44.9 Å². The average molecular weight is 447 g/mol. The molecular formula is C22H23ClN2O4S. The van der Waals surface area contributed by atoms with Gasteiger partial charge >= 0.3 is 0 Å². The van der Waals surface area contributed by atoms with Crippen molar-refractivity contribution in [2.24, 2.45) is 0 Å². The molecule has 0 unspecified atom stereocenters. The van der Waals surface area contributed by atoms with Crippen molar-refractivity contribution >= 4 is 38.5 Å². The van der Waals surface area contributed by atoms with Crippen LogP contribution in [0.2, 0.25) is 5.02 Å². The van der Waals surface area contributed by atoms with Crippen molar-refractivity contribution in [3.63, 3.8) is 0 Å². The Morgan fingerprint density at radius 1 is 1.10 bits per heavy atom. The highest BCUT2D eigenvalue weighted by Crippen LogP contribution is 2.31. The highest BCUT2D eigenvalue weighted by molar-refractivity contribution is 7.89. The largest absolute Gasteiger partial charge is 0.449 e. The number of piperidine rings is 1. The number of halogens is 1. The number of furan rings is 1. The molecule has 2 heterocycles. The maximum Gasteiger partial charge on any atom is 0.287 e. The minimum Gasteiger partial charge on any atom is -0.449 e. The second-order valence-electron chi connectivity index (χ2n) is 7.64. The Hall–Kier alpha value is -2.35. The van der Waals surface area contributed by atoms with Crippen LogP contribution in [0.3, 0.4) is 0 Å². The lowest BCUT2D eigenvalue weighted by molar-refractivity contribution is 0.0897. The van der Waals surface area contributed by atoms with Gasteiger partial charge in [-0.3, -0.25) is 4.79 Å². The van der Waals surface area contributed by atoms with Crippen LogP contribution in [0.4, 0.5) is 0 Å². The molecule has 0 spiro atoms. The number of rotatable bonds is 4. The van der Waals surface area contributed by atoms with Crippen molar-refractivity contribution in [3.8, 4) is 0 Å². The van der Waals surface area contributed by atoms with Crippen molar-refractivity contribution < 1.29 is 17.6 Å². The lowest BCUT2D eigenvalue weighted by atomic mass is 10.1. The molecule has 0 atom stereocenters. The fraction of sp³-hybridized carbons (Fsp3) is 0.318. The molecule has 2 aromatic carbocycles. The van der Waals surface area contributed by atoms with Crippen LogP contribution in [-0.2, 0) is 10.0 Å². The lowest BCUT2D eigenvalue weighted by Crippen LogP contribution is -2.46. The van der Waals surface area contributed by atoms with Gasteiger partial charge < -0.3 is 9.73 Å². The number of amides is 1. The minimum atomic E-state index is -3.52. The number of nitrogens with zero attached hydrogens (tertiary/aromatic N) is 1.